The lowest BCUT2D eigenvalue weighted by Gasteiger charge is -2.19. The van der Waals surface area contributed by atoms with E-state index in [-0.39, 0.29) is 16.9 Å². The van der Waals surface area contributed by atoms with Crippen molar-refractivity contribution in [3.8, 4) is 5.75 Å². The highest BCUT2D eigenvalue weighted by atomic mass is 16.3. The summed E-state index contributed by atoms with van der Waals surface area (Å²) in [6.45, 7) is 6.62. The Morgan fingerprint density at radius 3 is 2.56 bits per heavy atom. The summed E-state index contributed by atoms with van der Waals surface area (Å²) in [5, 5.41) is 21.5. The number of aliphatic hydroxyl groups excluding tert-OH is 1. The number of phenols is 1. The van der Waals surface area contributed by atoms with Crippen LogP contribution >= 0.6 is 0 Å². The van der Waals surface area contributed by atoms with E-state index in [0.717, 1.165) is 0 Å². The van der Waals surface area contributed by atoms with Gasteiger partial charge in [-0.1, -0.05) is 6.07 Å². The third kappa shape index (κ3) is 4.01. The molecule has 0 aliphatic heterocycles. The fraction of sp³-hybridized carbons (Fsp3) is 0.462. The largest absolute Gasteiger partial charge is 0.507 e. The summed E-state index contributed by atoms with van der Waals surface area (Å²) in [5.41, 5.74) is 5.76. The highest BCUT2D eigenvalue weighted by molar-refractivity contribution is 5.95. The minimum Gasteiger partial charge on any atom is -0.507 e. The van der Waals surface area contributed by atoms with E-state index >= 15 is 0 Å². The number of benzene rings is 1. The smallest absolute Gasteiger partial charge is 0.252 e. The molecule has 1 unspecified atom stereocenters. The van der Waals surface area contributed by atoms with Gasteiger partial charge >= 0.3 is 0 Å². The summed E-state index contributed by atoms with van der Waals surface area (Å²) in [7, 11) is 0. The number of carbonyl (C=O) groups excluding carboxylic acids is 1. The maximum absolute atomic E-state index is 11.1. The Morgan fingerprint density at radius 2 is 2.06 bits per heavy atom. The Balaban J connectivity index is 2.83. The first-order valence-corrected chi connectivity index (χ1v) is 5.86. The molecule has 0 bridgehead atoms. The van der Waals surface area contributed by atoms with Crippen molar-refractivity contribution in [1.29, 1.82) is 0 Å². The quantitative estimate of drug-likeness (QED) is 0.602. The maximum Gasteiger partial charge on any atom is 0.252 e. The van der Waals surface area contributed by atoms with Gasteiger partial charge < -0.3 is 21.3 Å². The van der Waals surface area contributed by atoms with Crippen molar-refractivity contribution in [2.24, 2.45) is 5.73 Å². The molecule has 1 amide bonds. The summed E-state index contributed by atoms with van der Waals surface area (Å²) >= 11 is 0. The molecular weight excluding hydrogens is 232 g/mol. The van der Waals surface area contributed by atoms with Crippen LogP contribution in [0.4, 0.5) is 0 Å². The molecule has 0 fully saturated rings. The van der Waals surface area contributed by atoms with E-state index in [4.69, 9.17) is 5.73 Å². The van der Waals surface area contributed by atoms with Crippen LogP contribution in [0.5, 0.6) is 5.75 Å². The van der Waals surface area contributed by atoms with Crippen molar-refractivity contribution in [3.05, 3.63) is 29.3 Å². The minimum atomic E-state index is -0.707. The molecule has 1 atom stereocenters. The fourth-order valence-corrected chi connectivity index (χ4v) is 1.56. The van der Waals surface area contributed by atoms with Crippen molar-refractivity contribution in [3.63, 3.8) is 0 Å². The lowest BCUT2D eigenvalue weighted by Crippen LogP contribution is -2.95. The molecule has 0 saturated carbocycles. The normalized spacial score (nSPS) is 13.3. The first-order chi connectivity index (χ1) is 8.20. The zero-order valence-corrected chi connectivity index (χ0v) is 11.0. The highest BCUT2D eigenvalue weighted by Crippen LogP contribution is 2.21. The van der Waals surface area contributed by atoms with Gasteiger partial charge in [0.2, 0.25) is 0 Å². The van der Waals surface area contributed by atoms with Crippen molar-refractivity contribution >= 4 is 5.91 Å². The number of primary amides is 1. The van der Waals surface area contributed by atoms with Crippen molar-refractivity contribution in [2.75, 3.05) is 6.54 Å². The van der Waals surface area contributed by atoms with Crippen LogP contribution < -0.4 is 11.1 Å². The van der Waals surface area contributed by atoms with Crippen LogP contribution in [0.25, 0.3) is 0 Å². The van der Waals surface area contributed by atoms with Crippen molar-refractivity contribution in [2.45, 2.75) is 32.4 Å². The van der Waals surface area contributed by atoms with Crippen LogP contribution in [0.3, 0.4) is 0 Å². The molecule has 1 aromatic carbocycles. The lowest BCUT2D eigenvalue weighted by atomic mass is 10.0. The van der Waals surface area contributed by atoms with E-state index in [0.29, 0.717) is 12.1 Å². The summed E-state index contributed by atoms with van der Waals surface area (Å²) in [6.07, 6.45) is -0.706. The highest BCUT2D eigenvalue weighted by Gasteiger charge is 2.19. The van der Waals surface area contributed by atoms with Gasteiger partial charge in [-0.05, 0) is 38.5 Å². The lowest BCUT2D eigenvalue weighted by molar-refractivity contribution is -0.722. The van der Waals surface area contributed by atoms with E-state index < -0.39 is 12.0 Å². The molecule has 0 aliphatic rings. The second kappa shape index (κ2) is 5.37. The number of rotatable bonds is 4. The number of hydrogen-bond acceptors (Lipinski definition) is 3. The molecule has 1 rings (SSSR count). The summed E-state index contributed by atoms with van der Waals surface area (Å²) in [6, 6.07) is 4.39. The van der Waals surface area contributed by atoms with E-state index in [1.807, 2.05) is 26.1 Å². The predicted octanol–water partition coefficient (Wildman–Crippen LogP) is -0.114. The Hall–Kier alpha value is -1.59. The van der Waals surface area contributed by atoms with Gasteiger partial charge in [-0.25, -0.2) is 0 Å². The maximum atomic E-state index is 11.1. The Labute approximate surface area is 107 Å². The number of aliphatic hydroxyl groups is 1. The molecule has 1 aromatic rings. The second-order valence-electron chi connectivity index (χ2n) is 5.46. The molecule has 0 heterocycles. The first-order valence-electron chi connectivity index (χ1n) is 5.86. The SMILES string of the molecule is CC(C)(C)[NH2+]CC(O)c1ccc(O)c(C(N)=O)c1. The zero-order chi connectivity index (χ0) is 13.9. The van der Waals surface area contributed by atoms with Crippen LogP contribution in [-0.2, 0) is 0 Å². The Kier molecular flexibility index (Phi) is 4.32. The second-order valence-corrected chi connectivity index (χ2v) is 5.46. The number of carbonyl (C=O) groups is 1. The van der Waals surface area contributed by atoms with Crippen LogP contribution in [0.2, 0.25) is 0 Å². The zero-order valence-electron chi connectivity index (χ0n) is 11.0. The summed E-state index contributed by atoms with van der Waals surface area (Å²) < 4.78 is 0. The molecule has 0 radical (unpaired) electrons. The molecule has 0 aromatic heterocycles. The molecule has 18 heavy (non-hydrogen) atoms. The average Bonchev–Trinajstić information content (AvgIpc) is 2.25. The molecule has 5 nitrogen and oxygen atoms in total. The van der Waals surface area contributed by atoms with Gasteiger partial charge in [-0.2, -0.15) is 0 Å². The van der Waals surface area contributed by atoms with E-state index in [1.165, 1.54) is 12.1 Å². The van der Waals surface area contributed by atoms with Gasteiger partial charge in [0.25, 0.3) is 5.91 Å². The number of hydrogen-bond donors (Lipinski definition) is 4. The van der Waals surface area contributed by atoms with Gasteiger partial charge in [0, 0.05) is 0 Å². The topological polar surface area (TPSA) is 100 Å². The molecule has 6 N–H and O–H groups in total. The van der Waals surface area contributed by atoms with E-state index in [2.05, 4.69) is 0 Å². The third-order valence-corrected chi connectivity index (χ3v) is 2.62. The summed E-state index contributed by atoms with van der Waals surface area (Å²) in [4.78, 5) is 11.1. The monoisotopic (exact) mass is 253 g/mol. The van der Waals surface area contributed by atoms with Crippen LogP contribution in [-0.4, -0.2) is 28.2 Å². The van der Waals surface area contributed by atoms with Gasteiger partial charge in [0.05, 0.1) is 11.1 Å². The minimum absolute atomic E-state index is 0.0183. The molecule has 100 valence electrons. The van der Waals surface area contributed by atoms with Gasteiger partial charge in [0.1, 0.15) is 18.4 Å². The number of amides is 1. The molecular formula is C13H21N2O3+. The Bertz CT molecular complexity index is 438. The third-order valence-electron chi connectivity index (χ3n) is 2.62. The molecule has 0 spiro atoms. The number of aromatic hydroxyl groups is 1. The summed E-state index contributed by atoms with van der Waals surface area (Å²) in [5.74, 6) is -0.875. The fourth-order valence-electron chi connectivity index (χ4n) is 1.56. The van der Waals surface area contributed by atoms with Crippen LogP contribution in [0, 0.1) is 0 Å². The van der Waals surface area contributed by atoms with Gasteiger partial charge in [-0.15, -0.1) is 0 Å². The van der Waals surface area contributed by atoms with E-state index in [1.54, 1.807) is 6.07 Å². The molecule has 0 aliphatic carbocycles. The first kappa shape index (κ1) is 14.5. The van der Waals surface area contributed by atoms with E-state index in [9.17, 15) is 15.0 Å². The Morgan fingerprint density at radius 1 is 1.44 bits per heavy atom. The average molecular weight is 253 g/mol. The van der Waals surface area contributed by atoms with Crippen molar-refractivity contribution in [1.82, 2.24) is 0 Å². The van der Waals surface area contributed by atoms with Crippen molar-refractivity contribution < 1.29 is 20.3 Å². The predicted molar refractivity (Wildman–Crippen MR) is 68.1 cm³/mol. The van der Waals surface area contributed by atoms with Crippen LogP contribution in [0.15, 0.2) is 18.2 Å². The number of quaternary nitrogens is 1. The van der Waals surface area contributed by atoms with Crippen LogP contribution in [0.1, 0.15) is 42.8 Å². The number of nitrogens with two attached hydrogens (primary N) is 2. The van der Waals surface area contributed by atoms with Gasteiger partial charge in [-0.3, -0.25) is 4.79 Å². The molecule has 5 heteroatoms. The van der Waals surface area contributed by atoms with Gasteiger partial charge in [0.15, 0.2) is 0 Å². The molecule has 0 saturated heterocycles. The standard InChI is InChI=1S/C13H20N2O3/c1-13(2,3)15-7-11(17)8-4-5-10(16)9(6-8)12(14)18/h4-6,11,15-17H,7H2,1-3H3,(H2,14,18)/p+1.